The van der Waals surface area contributed by atoms with Gasteiger partial charge in [-0.15, -0.1) is 0 Å². The van der Waals surface area contributed by atoms with Crippen molar-refractivity contribution in [1.82, 2.24) is 0 Å². The Hall–Kier alpha value is -1.90. The highest BCUT2D eigenvalue weighted by Crippen LogP contribution is 2.29. The number of hydrogen-bond acceptors (Lipinski definition) is 3. The Labute approximate surface area is 109 Å². The van der Waals surface area contributed by atoms with E-state index < -0.39 is 33.0 Å². The lowest BCUT2D eigenvalue weighted by molar-refractivity contribution is -0.0500. The maximum atomic E-state index is 13.3. The molecular weight excluding hydrogens is 307 g/mol. The van der Waals surface area contributed by atoms with Crippen molar-refractivity contribution in [1.29, 1.82) is 0 Å². The highest BCUT2D eigenvalue weighted by Gasteiger charge is 2.48. The van der Waals surface area contributed by atoms with E-state index in [0.29, 0.717) is 6.07 Å². The minimum absolute atomic E-state index is 0.0804. The number of alkyl halides is 3. The van der Waals surface area contributed by atoms with Gasteiger partial charge in [0.2, 0.25) is 0 Å². The predicted molar refractivity (Wildman–Crippen MR) is 59.5 cm³/mol. The second-order valence-corrected chi connectivity index (χ2v) is 5.29. The Morgan fingerprint density at radius 1 is 1.00 bits per heavy atom. The highest BCUT2D eigenvalue weighted by molar-refractivity contribution is 7.88. The lowest BCUT2D eigenvalue weighted by Gasteiger charge is -2.10. The minimum Gasteiger partial charge on any atom is -0.376 e. The monoisotopic (exact) mass is 312 g/mol. The van der Waals surface area contributed by atoms with Gasteiger partial charge in [0.1, 0.15) is 17.4 Å². The highest BCUT2D eigenvalue weighted by atomic mass is 32.2. The third-order valence-corrected chi connectivity index (χ3v) is 3.31. The first kappa shape index (κ1) is 14.5. The Balaban J connectivity index is 2.48. The molecule has 0 N–H and O–H groups in total. The van der Waals surface area contributed by atoms with Crippen LogP contribution in [-0.4, -0.2) is 13.9 Å². The molecule has 2 rings (SSSR count). The molecule has 0 unspecified atom stereocenters. The SMILES string of the molecule is O=S(=O)(Oc1ccc2c(F)cc(F)cc2c1)C(F)(F)F. The molecule has 0 radical (unpaired) electrons. The summed E-state index contributed by atoms with van der Waals surface area (Å²) in [7, 11) is -5.83. The largest absolute Gasteiger partial charge is 0.534 e. The van der Waals surface area contributed by atoms with Gasteiger partial charge in [0, 0.05) is 11.5 Å². The van der Waals surface area contributed by atoms with Crippen LogP contribution in [0.3, 0.4) is 0 Å². The maximum absolute atomic E-state index is 13.3. The first-order chi connectivity index (χ1) is 9.10. The summed E-state index contributed by atoms with van der Waals surface area (Å²) in [6.07, 6.45) is 0. The van der Waals surface area contributed by atoms with Gasteiger partial charge in [-0.05, 0) is 29.7 Å². The van der Waals surface area contributed by atoms with Crippen LogP contribution in [0.15, 0.2) is 30.3 Å². The molecule has 2 aromatic rings. The molecule has 0 saturated heterocycles. The van der Waals surface area contributed by atoms with Crippen molar-refractivity contribution in [2.45, 2.75) is 5.51 Å². The van der Waals surface area contributed by atoms with E-state index in [-0.39, 0.29) is 10.8 Å². The van der Waals surface area contributed by atoms with Crippen LogP contribution in [0, 0.1) is 11.6 Å². The van der Waals surface area contributed by atoms with Gasteiger partial charge >= 0.3 is 15.6 Å². The van der Waals surface area contributed by atoms with E-state index in [1.54, 1.807) is 0 Å². The molecule has 0 aliphatic rings. The fraction of sp³-hybridized carbons (Fsp3) is 0.0909. The summed E-state index contributed by atoms with van der Waals surface area (Å²) < 4.78 is 88.1. The minimum atomic E-state index is -5.83. The van der Waals surface area contributed by atoms with Gasteiger partial charge in [-0.3, -0.25) is 0 Å². The fourth-order valence-corrected chi connectivity index (χ4v) is 1.94. The van der Waals surface area contributed by atoms with Crippen molar-refractivity contribution in [3.63, 3.8) is 0 Å². The maximum Gasteiger partial charge on any atom is 0.534 e. The standard InChI is InChI=1S/C11H5F5O3S/c12-7-3-6-4-8(1-2-9(6)10(13)5-7)19-20(17,18)11(14,15)16/h1-5H. The smallest absolute Gasteiger partial charge is 0.376 e. The van der Waals surface area contributed by atoms with Crippen LogP contribution in [0.2, 0.25) is 0 Å². The van der Waals surface area contributed by atoms with E-state index in [9.17, 15) is 30.4 Å². The summed E-state index contributed by atoms with van der Waals surface area (Å²) in [5.41, 5.74) is -5.59. The van der Waals surface area contributed by atoms with Crippen LogP contribution in [0.1, 0.15) is 0 Å². The lowest BCUT2D eigenvalue weighted by Crippen LogP contribution is -2.28. The van der Waals surface area contributed by atoms with E-state index in [1.165, 1.54) is 0 Å². The van der Waals surface area contributed by atoms with E-state index in [2.05, 4.69) is 4.18 Å². The summed E-state index contributed by atoms with van der Waals surface area (Å²) in [4.78, 5) is 0. The molecule has 0 amide bonds. The first-order valence-corrected chi connectivity index (χ1v) is 6.40. The van der Waals surface area contributed by atoms with Crippen LogP contribution in [0.4, 0.5) is 22.0 Å². The van der Waals surface area contributed by atoms with Gasteiger partial charge in [0.25, 0.3) is 0 Å². The summed E-state index contributed by atoms with van der Waals surface area (Å²) >= 11 is 0. The third kappa shape index (κ3) is 2.67. The van der Waals surface area contributed by atoms with Gasteiger partial charge in [-0.2, -0.15) is 21.6 Å². The van der Waals surface area contributed by atoms with E-state index in [1.807, 2.05) is 0 Å². The molecule has 0 fully saturated rings. The zero-order valence-corrected chi connectivity index (χ0v) is 10.2. The lowest BCUT2D eigenvalue weighted by atomic mass is 10.1. The topological polar surface area (TPSA) is 43.4 Å². The van der Waals surface area contributed by atoms with Crippen LogP contribution in [-0.2, 0) is 10.1 Å². The van der Waals surface area contributed by atoms with E-state index >= 15 is 0 Å². The molecule has 0 atom stereocenters. The van der Waals surface area contributed by atoms with Gasteiger partial charge in [-0.1, -0.05) is 0 Å². The molecule has 20 heavy (non-hydrogen) atoms. The molecule has 2 aromatic carbocycles. The molecule has 0 saturated carbocycles. The van der Waals surface area contributed by atoms with Crippen molar-refractivity contribution in [2.24, 2.45) is 0 Å². The average Bonchev–Trinajstić information content (AvgIpc) is 2.25. The summed E-state index contributed by atoms with van der Waals surface area (Å²) in [5, 5.41) is -0.208. The van der Waals surface area contributed by atoms with Gasteiger partial charge in [0.05, 0.1) is 0 Å². The number of benzene rings is 2. The van der Waals surface area contributed by atoms with Crippen molar-refractivity contribution in [3.05, 3.63) is 42.0 Å². The summed E-state index contributed by atoms with van der Waals surface area (Å²) in [6.45, 7) is 0. The zero-order valence-electron chi connectivity index (χ0n) is 9.41. The quantitative estimate of drug-likeness (QED) is 0.485. The average molecular weight is 312 g/mol. The third-order valence-electron chi connectivity index (χ3n) is 2.33. The van der Waals surface area contributed by atoms with Crippen molar-refractivity contribution >= 4 is 20.9 Å². The molecule has 0 aliphatic heterocycles. The van der Waals surface area contributed by atoms with Crippen LogP contribution >= 0.6 is 0 Å². The fourth-order valence-electron chi connectivity index (χ4n) is 1.49. The van der Waals surface area contributed by atoms with Crippen LogP contribution < -0.4 is 4.18 Å². The Kier molecular flexibility index (Phi) is 3.32. The van der Waals surface area contributed by atoms with Crippen molar-refractivity contribution < 1.29 is 34.6 Å². The van der Waals surface area contributed by atoms with Crippen LogP contribution in [0.5, 0.6) is 5.75 Å². The summed E-state index contributed by atoms with van der Waals surface area (Å²) in [5.74, 6) is -2.57. The molecule has 3 nitrogen and oxygen atoms in total. The van der Waals surface area contributed by atoms with Crippen molar-refractivity contribution in [2.75, 3.05) is 0 Å². The van der Waals surface area contributed by atoms with E-state index in [0.717, 1.165) is 24.3 Å². The zero-order chi connectivity index (χ0) is 15.1. The molecule has 108 valence electrons. The predicted octanol–water partition coefficient (Wildman–Crippen LogP) is 3.35. The number of fused-ring (bicyclic) bond motifs is 1. The number of rotatable bonds is 2. The molecule has 9 heteroatoms. The van der Waals surface area contributed by atoms with Crippen LogP contribution in [0.25, 0.3) is 10.8 Å². The molecular formula is C11H5F5O3S. The Morgan fingerprint density at radius 2 is 1.65 bits per heavy atom. The number of halogens is 5. The Morgan fingerprint density at radius 3 is 2.25 bits per heavy atom. The Bertz CT molecular complexity index is 767. The second-order valence-electron chi connectivity index (χ2n) is 3.75. The van der Waals surface area contributed by atoms with Gasteiger partial charge < -0.3 is 4.18 Å². The number of hydrogen-bond donors (Lipinski definition) is 0. The molecule has 0 bridgehead atoms. The first-order valence-electron chi connectivity index (χ1n) is 5.00. The molecule has 0 aromatic heterocycles. The normalized spacial score (nSPS) is 12.7. The van der Waals surface area contributed by atoms with Gasteiger partial charge in [-0.25, -0.2) is 8.78 Å². The second kappa shape index (κ2) is 4.58. The molecule has 0 heterocycles. The molecule has 0 aliphatic carbocycles. The van der Waals surface area contributed by atoms with Crippen molar-refractivity contribution in [3.8, 4) is 5.75 Å². The molecule has 0 spiro atoms. The summed E-state index contributed by atoms with van der Waals surface area (Å²) in [6, 6.07) is 4.06. The van der Waals surface area contributed by atoms with E-state index in [4.69, 9.17) is 0 Å². The van der Waals surface area contributed by atoms with Gasteiger partial charge in [0.15, 0.2) is 0 Å².